The summed E-state index contributed by atoms with van der Waals surface area (Å²) in [6.45, 7) is 14.2. The van der Waals surface area contributed by atoms with Gasteiger partial charge in [0, 0.05) is 11.0 Å². The van der Waals surface area contributed by atoms with E-state index in [1.807, 2.05) is 20.8 Å². The predicted molar refractivity (Wildman–Crippen MR) is 76.4 cm³/mol. The molecule has 1 unspecified atom stereocenters. The molecule has 1 aliphatic rings. The van der Waals surface area contributed by atoms with Gasteiger partial charge in [0.1, 0.15) is 5.60 Å². The van der Waals surface area contributed by atoms with Gasteiger partial charge in [-0.1, -0.05) is 27.4 Å². The highest BCUT2D eigenvalue weighted by molar-refractivity contribution is 5.87. The molecule has 0 aromatic carbocycles. The molecule has 1 atom stereocenters. The van der Waals surface area contributed by atoms with Crippen LogP contribution in [0.1, 0.15) is 48.0 Å². The largest absolute Gasteiger partial charge is 0.514 e. The third-order valence-electron chi connectivity index (χ3n) is 4.11. The van der Waals surface area contributed by atoms with E-state index in [1.165, 1.54) is 6.92 Å². The second-order valence-electron chi connectivity index (χ2n) is 6.40. The Balaban J connectivity index is 2.70. The second-order valence-corrected chi connectivity index (χ2v) is 6.40. The monoisotopic (exact) mass is 316 g/mol. The summed E-state index contributed by atoms with van der Waals surface area (Å²) < 4.78 is 15.3. The SMILES string of the molecule is C=C(C)C(=O)OC1(OC(=O)OC(C)(C)C(C)(C)CC)COO1. The lowest BCUT2D eigenvalue weighted by Crippen LogP contribution is -2.55. The van der Waals surface area contributed by atoms with Crippen molar-refractivity contribution >= 4 is 12.1 Å². The van der Waals surface area contributed by atoms with E-state index in [0.717, 1.165) is 6.42 Å². The molecule has 0 aliphatic carbocycles. The molecule has 0 N–H and O–H groups in total. The van der Waals surface area contributed by atoms with Crippen molar-refractivity contribution in [3.05, 3.63) is 12.2 Å². The molecule has 1 saturated heterocycles. The number of hydrogen-bond acceptors (Lipinski definition) is 7. The number of hydrogen-bond donors (Lipinski definition) is 0. The minimum Gasteiger partial charge on any atom is -0.428 e. The molecule has 0 amide bonds. The highest BCUT2D eigenvalue weighted by Crippen LogP contribution is 2.37. The summed E-state index contributed by atoms with van der Waals surface area (Å²) in [6.07, 6.45) is -0.216. The Morgan fingerprint density at radius 1 is 1.23 bits per heavy atom. The van der Waals surface area contributed by atoms with Gasteiger partial charge in [0.05, 0.1) is 0 Å². The van der Waals surface area contributed by atoms with Gasteiger partial charge in [-0.2, -0.15) is 0 Å². The van der Waals surface area contributed by atoms with Gasteiger partial charge < -0.3 is 14.2 Å². The molecule has 1 aliphatic heterocycles. The minimum atomic E-state index is -1.92. The van der Waals surface area contributed by atoms with Gasteiger partial charge in [0.25, 0.3) is 0 Å². The first kappa shape index (κ1) is 18.4. The van der Waals surface area contributed by atoms with E-state index in [9.17, 15) is 9.59 Å². The average molecular weight is 316 g/mol. The summed E-state index contributed by atoms with van der Waals surface area (Å²) in [4.78, 5) is 32.6. The molecular formula is C15H24O7. The molecular weight excluding hydrogens is 292 g/mol. The zero-order chi connectivity index (χ0) is 17.2. The Hall–Kier alpha value is -1.60. The van der Waals surface area contributed by atoms with E-state index >= 15 is 0 Å². The van der Waals surface area contributed by atoms with Gasteiger partial charge in [-0.3, -0.25) is 0 Å². The van der Waals surface area contributed by atoms with Gasteiger partial charge in [-0.05, 0) is 27.2 Å². The molecule has 0 spiro atoms. The summed E-state index contributed by atoms with van der Waals surface area (Å²) in [5.41, 5.74) is -0.924. The fraction of sp³-hybridized carbons (Fsp3) is 0.733. The maximum absolute atomic E-state index is 12.0. The van der Waals surface area contributed by atoms with Gasteiger partial charge in [-0.25, -0.2) is 14.5 Å². The highest BCUT2D eigenvalue weighted by Gasteiger charge is 2.52. The number of rotatable bonds is 6. The summed E-state index contributed by atoms with van der Waals surface area (Å²) in [7, 11) is 0. The maximum Gasteiger partial charge on any atom is 0.514 e. The van der Waals surface area contributed by atoms with Crippen molar-refractivity contribution in [1.29, 1.82) is 0 Å². The molecule has 22 heavy (non-hydrogen) atoms. The first-order valence-electron chi connectivity index (χ1n) is 7.06. The van der Waals surface area contributed by atoms with Crippen molar-refractivity contribution in [3.63, 3.8) is 0 Å². The van der Waals surface area contributed by atoms with E-state index in [4.69, 9.17) is 14.2 Å². The molecule has 7 nitrogen and oxygen atoms in total. The minimum absolute atomic E-state index is 0.138. The molecule has 1 rings (SSSR count). The number of ether oxygens (including phenoxy) is 3. The lowest BCUT2D eigenvalue weighted by molar-refractivity contribution is -0.587. The maximum atomic E-state index is 12.0. The summed E-state index contributed by atoms with van der Waals surface area (Å²) >= 11 is 0. The van der Waals surface area contributed by atoms with Crippen molar-refractivity contribution in [1.82, 2.24) is 0 Å². The number of carbonyl (C=O) groups excluding carboxylic acids is 2. The molecule has 1 heterocycles. The van der Waals surface area contributed by atoms with Gasteiger partial charge in [-0.15, -0.1) is 4.89 Å². The van der Waals surface area contributed by atoms with Crippen LogP contribution in [0.25, 0.3) is 0 Å². The zero-order valence-corrected chi connectivity index (χ0v) is 14.0. The first-order valence-corrected chi connectivity index (χ1v) is 7.06. The van der Waals surface area contributed by atoms with E-state index in [0.29, 0.717) is 0 Å². The first-order chi connectivity index (χ1) is 9.95. The lowest BCUT2D eigenvalue weighted by Gasteiger charge is -2.41. The van der Waals surface area contributed by atoms with Crippen molar-refractivity contribution in [2.45, 2.75) is 59.5 Å². The fourth-order valence-electron chi connectivity index (χ4n) is 1.42. The topological polar surface area (TPSA) is 80.3 Å². The van der Waals surface area contributed by atoms with Crippen LogP contribution in [-0.2, 0) is 28.8 Å². The Morgan fingerprint density at radius 2 is 1.77 bits per heavy atom. The third-order valence-corrected chi connectivity index (χ3v) is 4.11. The normalized spacial score (nSPS) is 21.5. The van der Waals surface area contributed by atoms with Crippen LogP contribution in [0.2, 0.25) is 0 Å². The van der Waals surface area contributed by atoms with Crippen molar-refractivity contribution in [2.24, 2.45) is 5.41 Å². The summed E-state index contributed by atoms with van der Waals surface area (Å²) in [5.74, 6) is -2.68. The molecule has 1 fully saturated rings. The lowest BCUT2D eigenvalue weighted by atomic mass is 9.75. The molecule has 126 valence electrons. The van der Waals surface area contributed by atoms with Crippen LogP contribution in [-0.4, -0.2) is 30.3 Å². The smallest absolute Gasteiger partial charge is 0.428 e. The van der Waals surface area contributed by atoms with E-state index < -0.39 is 23.7 Å². The molecule has 0 aromatic heterocycles. The standard InChI is InChI=1S/C15H24O7/c1-8-13(4,5)14(6,7)20-12(17)21-15(9-18-22-15)19-11(16)10(2)3/h2,8-9H2,1,3-7H3. The Morgan fingerprint density at radius 3 is 2.14 bits per heavy atom. The number of carbonyl (C=O) groups is 2. The van der Waals surface area contributed by atoms with Crippen LogP contribution in [0, 0.1) is 5.41 Å². The summed E-state index contributed by atoms with van der Waals surface area (Å²) in [5, 5.41) is 0. The van der Waals surface area contributed by atoms with Crippen molar-refractivity contribution < 1.29 is 33.6 Å². The summed E-state index contributed by atoms with van der Waals surface area (Å²) in [6, 6.07) is 0. The van der Waals surface area contributed by atoms with E-state index in [-0.39, 0.29) is 17.6 Å². The zero-order valence-electron chi connectivity index (χ0n) is 14.0. The van der Waals surface area contributed by atoms with Crippen LogP contribution in [0.4, 0.5) is 4.79 Å². The van der Waals surface area contributed by atoms with E-state index in [1.54, 1.807) is 13.8 Å². The van der Waals surface area contributed by atoms with Gasteiger partial charge >= 0.3 is 18.1 Å². The fourth-order valence-corrected chi connectivity index (χ4v) is 1.42. The van der Waals surface area contributed by atoms with Gasteiger partial charge in [0.15, 0.2) is 6.61 Å². The number of esters is 1. The molecule has 7 heteroatoms. The Bertz CT molecular complexity index is 461. The van der Waals surface area contributed by atoms with Gasteiger partial charge in [0.2, 0.25) is 0 Å². The van der Waals surface area contributed by atoms with Crippen molar-refractivity contribution in [3.8, 4) is 0 Å². The molecule has 0 bridgehead atoms. The second kappa shape index (κ2) is 6.26. The highest BCUT2D eigenvalue weighted by atomic mass is 17.3. The third kappa shape index (κ3) is 3.98. The average Bonchev–Trinajstić information content (AvgIpc) is 2.34. The Labute approximate surface area is 130 Å². The molecule has 0 radical (unpaired) electrons. The van der Waals surface area contributed by atoms with Crippen molar-refractivity contribution in [2.75, 3.05) is 6.61 Å². The quantitative estimate of drug-likeness (QED) is 0.322. The Kier molecular flexibility index (Phi) is 5.25. The van der Waals surface area contributed by atoms with Crippen LogP contribution >= 0.6 is 0 Å². The van der Waals surface area contributed by atoms with Crippen LogP contribution in [0.3, 0.4) is 0 Å². The molecule has 0 aromatic rings. The molecule has 0 saturated carbocycles. The van der Waals surface area contributed by atoms with Crippen LogP contribution in [0.5, 0.6) is 0 Å². The predicted octanol–water partition coefficient (Wildman–Crippen LogP) is 3.09. The van der Waals surface area contributed by atoms with Crippen LogP contribution < -0.4 is 0 Å². The van der Waals surface area contributed by atoms with Crippen LogP contribution in [0.15, 0.2) is 12.2 Å². The van der Waals surface area contributed by atoms with E-state index in [2.05, 4.69) is 16.4 Å².